The highest BCUT2D eigenvalue weighted by atomic mass is 16.2. The Bertz CT molecular complexity index is 809. The Hall–Kier alpha value is -2.62. The zero-order chi connectivity index (χ0) is 14.9. The first-order chi connectivity index (χ1) is 10.8. The van der Waals surface area contributed by atoms with Crippen LogP contribution in [0.3, 0.4) is 0 Å². The van der Waals surface area contributed by atoms with Crippen LogP contribution in [0.1, 0.15) is 28.3 Å². The van der Waals surface area contributed by atoms with Crippen molar-refractivity contribution in [3.8, 4) is 0 Å². The Morgan fingerprint density at radius 2 is 2.00 bits per heavy atom. The lowest BCUT2D eigenvalue weighted by atomic mass is 9.99. The summed E-state index contributed by atoms with van der Waals surface area (Å²) in [6, 6.07) is 14.3. The van der Waals surface area contributed by atoms with E-state index in [1.807, 2.05) is 33.7 Å². The summed E-state index contributed by atoms with van der Waals surface area (Å²) in [6.07, 6.45) is 6.40. The molecule has 4 nitrogen and oxygen atoms in total. The van der Waals surface area contributed by atoms with Gasteiger partial charge in [0.2, 0.25) is 0 Å². The number of imidazole rings is 1. The first kappa shape index (κ1) is 13.1. The van der Waals surface area contributed by atoms with Crippen LogP contribution in [-0.2, 0) is 0 Å². The number of hydrogen-bond donors (Lipinski definition) is 0. The Kier molecular flexibility index (Phi) is 3.15. The lowest BCUT2D eigenvalue weighted by molar-refractivity contribution is 0.0790. The van der Waals surface area contributed by atoms with E-state index < -0.39 is 0 Å². The van der Waals surface area contributed by atoms with Gasteiger partial charge in [-0.1, -0.05) is 30.3 Å². The smallest absolute Gasteiger partial charge is 0.255 e. The molecule has 1 aromatic carbocycles. The summed E-state index contributed by atoms with van der Waals surface area (Å²) in [5, 5.41) is 0. The lowest BCUT2D eigenvalue weighted by Gasteiger charge is -2.17. The van der Waals surface area contributed by atoms with Gasteiger partial charge in [-0.2, -0.15) is 0 Å². The third-order valence-corrected chi connectivity index (χ3v) is 4.40. The van der Waals surface area contributed by atoms with Gasteiger partial charge in [-0.15, -0.1) is 0 Å². The van der Waals surface area contributed by atoms with Gasteiger partial charge in [0.1, 0.15) is 0 Å². The highest BCUT2D eigenvalue weighted by molar-refractivity contribution is 5.94. The maximum Gasteiger partial charge on any atom is 0.255 e. The normalized spacial score (nSPS) is 18.0. The quantitative estimate of drug-likeness (QED) is 0.728. The fourth-order valence-electron chi connectivity index (χ4n) is 3.17. The number of hydrogen-bond acceptors (Lipinski definition) is 2. The predicted molar refractivity (Wildman–Crippen MR) is 84.9 cm³/mol. The topological polar surface area (TPSA) is 37.6 Å². The van der Waals surface area contributed by atoms with E-state index in [0.717, 1.165) is 30.6 Å². The van der Waals surface area contributed by atoms with Crippen molar-refractivity contribution in [2.24, 2.45) is 0 Å². The molecule has 3 aromatic rings. The molecule has 0 radical (unpaired) electrons. The van der Waals surface area contributed by atoms with Crippen LogP contribution in [0, 0.1) is 0 Å². The second kappa shape index (κ2) is 5.30. The number of fused-ring (bicyclic) bond motifs is 1. The number of pyridine rings is 1. The van der Waals surface area contributed by atoms with E-state index in [-0.39, 0.29) is 5.91 Å². The highest BCUT2D eigenvalue weighted by Gasteiger charge is 2.27. The summed E-state index contributed by atoms with van der Waals surface area (Å²) in [6.45, 7) is 1.62. The highest BCUT2D eigenvalue weighted by Crippen LogP contribution is 2.27. The van der Waals surface area contributed by atoms with E-state index in [1.165, 1.54) is 5.56 Å². The molecule has 0 bridgehead atoms. The van der Waals surface area contributed by atoms with E-state index in [2.05, 4.69) is 29.2 Å². The van der Waals surface area contributed by atoms with Crippen LogP contribution in [0.4, 0.5) is 0 Å². The lowest BCUT2D eigenvalue weighted by Crippen LogP contribution is -2.28. The molecule has 110 valence electrons. The van der Waals surface area contributed by atoms with Crippen molar-refractivity contribution in [1.82, 2.24) is 14.3 Å². The number of carbonyl (C=O) groups is 1. The van der Waals surface area contributed by atoms with Gasteiger partial charge in [-0.25, -0.2) is 4.98 Å². The Labute approximate surface area is 129 Å². The fourth-order valence-corrected chi connectivity index (χ4v) is 3.17. The number of nitrogens with zero attached hydrogens (tertiary/aromatic N) is 3. The van der Waals surface area contributed by atoms with Gasteiger partial charge in [0, 0.05) is 25.2 Å². The van der Waals surface area contributed by atoms with Crippen LogP contribution in [-0.4, -0.2) is 33.3 Å². The zero-order valence-corrected chi connectivity index (χ0v) is 12.2. The molecule has 0 saturated carbocycles. The van der Waals surface area contributed by atoms with Crippen LogP contribution in [0.5, 0.6) is 0 Å². The van der Waals surface area contributed by atoms with Gasteiger partial charge in [0.25, 0.3) is 5.91 Å². The molecule has 1 amide bonds. The molecular weight excluding hydrogens is 274 g/mol. The number of rotatable bonds is 2. The zero-order valence-electron chi connectivity index (χ0n) is 12.2. The van der Waals surface area contributed by atoms with Crippen LogP contribution in [0.25, 0.3) is 5.52 Å². The fraction of sp³-hybridized carbons (Fsp3) is 0.222. The summed E-state index contributed by atoms with van der Waals surface area (Å²) < 4.78 is 1.89. The molecule has 4 heteroatoms. The summed E-state index contributed by atoms with van der Waals surface area (Å²) in [5.41, 5.74) is 3.04. The first-order valence-corrected chi connectivity index (χ1v) is 7.57. The molecular formula is C18H17N3O. The second-order valence-corrected chi connectivity index (χ2v) is 5.79. The molecule has 3 heterocycles. The van der Waals surface area contributed by atoms with Crippen molar-refractivity contribution < 1.29 is 4.79 Å². The van der Waals surface area contributed by atoms with Gasteiger partial charge < -0.3 is 9.30 Å². The van der Waals surface area contributed by atoms with Crippen LogP contribution in [0.2, 0.25) is 0 Å². The molecule has 1 saturated heterocycles. The number of benzene rings is 1. The van der Waals surface area contributed by atoms with Crippen molar-refractivity contribution >= 4 is 11.4 Å². The van der Waals surface area contributed by atoms with Gasteiger partial charge >= 0.3 is 0 Å². The molecule has 1 fully saturated rings. The molecule has 0 spiro atoms. The molecule has 0 aliphatic carbocycles. The van der Waals surface area contributed by atoms with Crippen LogP contribution < -0.4 is 0 Å². The van der Waals surface area contributed by atoms with Crippen molar-refractivity contribution in [1.29, 1.82) is 0 Å². The maximum absolute atomic E-state index is 12.7. The molecule has 1 aliphatic heterocycles. The Balaban J connectivity index is 1.54. The van der Waals surface area contributed by atoms with Crippen LogP contribution >= 0.6 is 0 Å². The van der Waals surface area contributed by atoms with Crippen molar-refractivity contribution in [2.45, 2.75) is 12.3 Å². The minimum Gasteiger partial charge on any atom is -0.338 e. The SMILES string of the molecule is O=C(c1ccc2cncn2c1)N1CCC(c2ccccc2)C1. The molecule has 2 aromatic heterocycles. The van der Waals surface area contributed by atoms with E-state index in [1.54, 1.807) is 12.5 Å². The summed E-state index contributed by atoms with van der Waals surface area (Å²) in [4.78, 5) is 18.7. The van der Waals surface area contributed by atoms with Gasteiger partial charge in [-0.3, -0.25) is 4.79 Å². The van der Waals surface area contributed by atoms with Gasteiger partial charge in [-0.05, 0) is 24.1 Å². The minimum atomic E-state index is 0.106. The average molecular weight is 291 g/mol. The molecule has 22 heavy (non-hydrogen) atoms. The van der Waals surface area contributed by atoms with Crippen LogP contribution in [0.15, 0.2) is 61.2 Å². The monoisotopic (exact) mass is 291 g/mol. The number of amides is 1. The van der Waals surface area contributed by atoms with Gasteiger partial charge in [0.15, 0.2) is 0 Å². The molecule has 0 N–H and O–H groups in total. The average Bonchev–Trinajstić information content (AvgIpc) is 3.23. The molecule has 1 atom stereocenters. The summed E-state index contributed by atoms with van der Waals surface area (Å²) in [5.74, 6) is 0.552. The standard InChI is InChI=1S/C18H17N3O/c22-18(16-6-7-17-10-19-13-21(17)12-16)20-9-8-15(11-20)14-4-2-1-3-5-14/h1-7,10,12-13,15H,8-9,11H2. The van der Waals surface area contributed by atoms with E-state index in [4.69, 9.17) is 0 Å². The third-order valence-electron chi connectivity index (χ3n) is 4.40. The van der Waals surface area contributed by atoms with Crippen molar-refractivity contribution in [3.05, 3.63) is 72.3 Å². The number of likely N-dealkylation sites (tertiary alicyclic amines) is 1. The maximum atomic E-state index is 12.7. The van der Waals surface area contributed by atoms with Crippen molar-refractivity contribution in [2.75, 3.05) is 13.1 Å². The molecule has 1 aliphatic rings. The second-order valence-electron chi connectivity index (χ2n) is 5.79. The Morgan fingerprint density at radius 1 is 1.14 bits per heavy atom. The van der Waals surface area contributed by atoms with E-state index >= 15 is 0 Å². The van der Waals surface area contributed by atoms with E-state index in [0.29, 0.717) is 5.92 Å². The largest absolute Gasteiger partial charge is 0.338 e. The summed E-state index contributed by atoms with van der Waals surface area (Å²) >= 11 is 0. The third kappa shape index (κ3) is 2.26. The number of aromatic nitrogens is 2. The first-order valence-electron chi connectivity index (χ1n) is 7.57. The number of carbonyl (C=O) groups excluding carboxylic acids is 1. The minimum absolute atomic E-state index is 0.106. The van der Waals surface area contributed by atoms with Crippen molar-refractivity contribution in [3.63, 3.8) is 0 Å². The summed E-state index contributed by atoms with van der Waals surface area (Å²) in [7, 11) is 0. The predicted octanol–water partition coefficient (Wildman–Crippen LogP) is 2.96. The molecule has 4 rings (SSSR count). The Morgan fingerprint density at radius 3 is 2.86 bits per heavy atom. The molecule has 1 unspecified atom stereocenters. The van der Waals surface area contributed by atoms with E-state index in [9.17, 15) is 4.79 Å². The van der Waals surface area contributed by atoms with Gasteiger partial charge in [0.05, 0.1) is 23.6 Å².